The Kier molecular flexibility index (Phi) is 6.75. The molecule has 1 fully saturated rings. The van der Waals surface area contributed by atoms with Crippen LogP contribution in [-0.2, 0) is 4.79 Å². The minimum absolute atomic E-state index is 0.0548. The summed E-state index contributed by atoms with van der Waals surface area (Å²) in [6, 6.07) is 12.1. The third-order valence-electron chi connectivity index (χ3n) is 5.17. The Balaban J connectivity index is 1.51. The summed E-state index contributed by atoms with van der Waals surface area (Å²) in [7, 11) is 0. The number of carbonyl (C=O) groups is 1. The Labute approximate surface area is 178 Å². The van der Waals surface area contributed by atoms with Crippen molar-refractivity contribution < 1.29 is 9.53 Å². The molecule has 0 aliphatic carbocycles. The molecule has 5 nitrogen and oxygen atoms in total. The van der Waals surface area contributed by atoms with Gasteiger partial charge in [0.1, 0.15) is 12.4 Å². The summed E-state index contributed by atoms with van der Waals surface area (Å²) in [6.07, 6.45) is 1.56. The maximum atomic E-state index is 12.0. The lowest BCUT2D eigenvalue weighted by Crippen LogP contribution is -2.39. The van der Waals surface area contributed by atoms with Gasteiger partial charge >= 0.3 is 0 Å². The molecule has 2 aromatic carbocycles. The second-order valence-electron chi connectivity index (χ2n) is 7.71. The van der Waals surface area contributed by atoms with Gasteiger partial charge in [-0.25, -0.2) is 0 Å². The third-order valence-corrected chi connectivity index (χ3v) is 5.39. The quantitative estimate of drug-likeness (QED) is 0.686. The van der Waals surface area contributed by atoms with Gasteiger partial charge < -0.3 is 20.3 Å². The van der Waals surface area contributed by atoms with E-state index in [4.69, 9.17) is 17.0 Å². The van der Waals surface area contributed by atoms with Crippen LogP contribution in [0.1, 0.15) is 36.5 Å². The van der Waals surface area contributed by atoms with E-state index < -0.39 is 0 Å². The number of hydrogen-bond acceptors (Lipinski definition) is 3. The van der Waals surface area contributed by atoms with Crippen molar-refractivity contribution in [1.29, 1.82) is 0 Å². The number of benzene rings is 2. The fourth-order valence-electron chi connectivity index (χ4n) is 3.40. The number of aryl methyl sites for hydroxylation is 3. The molecule has 6 heteroatoms. The van der Waals surface area contributed by atoms with E-state index in [1.165, 1.54) is 11.1 Å². The normalized spacial score (nSPS) is 14.6. The van der Waals surface area contributed by atoms with E-state index >= 15 is 0 Å². The lowest BCUT2D eigenvalue weighted by Gasteiger charge is -2.20. The standard InChI is InChI=1S/C23H29N3O2S/c1-15-7-9-20(13-16(15)2)28-14-18(4)24-23(29)25-19-8-10-21(17(3)12-19)26-11-5-6-22(26)27/h7-10,12-13,18H,5-6,11,14H2,1-4H3,(H2,24,25,29)/t18-/m0/s1. The maximum absolute atomic E-state index is 12.0. The number of hydrogen-bond donors (Lipinski definition) is 2. The molecule has 3 rings (SSSR count). The summed E-state index contributed by atoms with van der Waals surface area (Å²) in [4.78, 5) is 13.8. The summed E-state index contributed by atoms with van der Waals surface area (Å²) in [5.74, 6) is 1.06. The van der Waals surface area contributed by atoms with Gasteiger partial charge in [-0.1, -0.05) is 6.07 Å². The van der Waals surface area contributed by atoms with Gasteiger partial charge in [-0.2, -0.15) is 0 Å². The molecule has 1 saturated heterocycles. The molecule has 1 heterocycles. The zero-order chi connectivity index (χ0) is 21.0. The fraction of sp³-hybridized carbons (Fsp3) is 0.391. The van der Waals surface area contributed by atoms with E-state index in [0.717, 1.165) is 35.7 Å². The molecule has 0 saturated carbocycles. The number of anilines is 2. The van der Waals surface area contributed by atoms with Crippen molar-refractivity contribution in [2.24, 2.45) is 0 Å². The summed E-state index contributed by atoms with van der Waals surface area (Å²) in [5, 5.41) is 7.02. The number of ether oxygens (including phenoxy) is 1. The molecular formula is C23H29N3O2S. The SMILES string of the molecule is Cc1ccc(OC[C@H](C)NC(=S)Nc2ccc(N3CCCC3=O)c(C)c2)cc1C. The highest BCUT2D eigenvalue weighted by Crippen LogP contribution is 2.27. The minimum Gasteiger partial charge on any atom is -0.491 e. The Morgan fingerprint density at radius 2 is 1.93 bits per heavy atom. The van der Waals surface area contributed by atoms with Crippen molar-refractivity contribution in [2.45, 2.75) is 46.6 Å². The number of nitrogens with one attached hydrogen (secondary N) is 2. The molecule has 0 bridgehead atoms. The van der Waals surface area contributed by atoms with Crippen molar-refractivity contribution in [3.05, 3.63) is 53.1 Å². The van der Waals surface area contributed by atoms with Crippen LogP contribution in [-0.4, -0.2) is 30.2 Å². The van der Waals surface area contributed by atoms with Crippen LogP contribution in [0.4, 0.5) is 11.4 Å². The van der Waals surface area contributed by atoms with Gasteiger partial charge in [0.25, 0.3) is 0 Å². The first kappa shape index (κ1) is 21.1. The number of nitrogens with zero attached hydrogens (tertiary/aromatic N) is 1. The first-order valence-electron chi connectivity index (χ1n) is 10.0. The van der Waals surface area contributed by atoms with Gasteiger partial charge in [0.2, 0.25) is 5.91 Å². The molecule has 2 N–H and O–H groups in total. The van der Waals surface area contributed by atoms with Gasteiger partial charge in [0.05, 0.1) is 6.04 Å². The van der Waals surface area contributed by atoms with Gasteiger partial charge in [0.15, 0.2) is 5.11 Å². The van der Waals surface area contributed by atoms with E-state index in [9.17, 15) is 4.79 Å². The molecule has 154 valence electrons. The number of thiocarbonyl (C=S) groups is 1. The lowest BCUT2D eigenvalue weighted by molar-refractivity contribution is -0.117. The topological polar surface area (TPSA) is 53.6 Å². The summed E-state index contributed by atoms with van der Waals surface area (Å²) in [6.45, 7) is 9.52. The molecule has 1 amide bonds. The zero-order valence-corrected chi connectivity index (χ0v) is 18.4. The summed E-state index contributed by atoms with van der Waals surface area (Å²) >= 11 is 5.44. The Morgan fingerprint density at radius 1 is 1.14 bits per heavy atom. The minimum atomic E-state index is 0.0548. The molecule has 0 radical (unpaired) electrons. The van der Waals surface area contributed by atoms with Gasteiger partial charge in [-0.15, -0.1) is 0 Å². The Hall–Kier alpha value is -2.60. The van der Waals surface area contributed by atoms with Crippen molar-refractivity contribution in [1.82, 2.24) is 5.32 Å². The highest BCUT2D eigenvalue weighted by atomic mass is 32.1. The van der Waals surface area contributed by atoms with Crippen LogP contribution in [0.2, 0.25) is 0 Å². The molecule has 0 aromatic heterocycles. The smallest absolute Gasteiger partial charge is 0.227 e. The highest BCUT2D eigenvalue weighted by Gasteiger charge is 2.23. The first-order chi connectivity index (χ1) is 13.8. The number of carbonyl (C=O) groups excluding carboxylic acids is 1. The van der Waals surface area contributed by atoms with Crippen molar-refractivity contribution >= 4 is 34.6 Å². The second kappa shape index (κ2) is 9.27. The predicted octanol–water partition coefficient (Wildman–Crippen LogP) is 4.49. The van der Waals surface area contributed by atoms with Crippen LogP contribution in [0.15, 0.2) is 36.4 Å². The van der Waals surface area contributed by atoms with Crippen LogP contribution >= 0.6 is 12.2 Å². The van der Waals surface area contributed by atoms with Crippen molar-refractivity contribution in [3.63, 3.8) is 0 Å². The van der Waals surface area contributed by atoms with E-state index in [2.05, 4.69) is 30.5 Å². The molecule has 2 aromatic rings. The Morgan fingerprint density at radius 3 is 2.59 bits per heavy atom. The van der Waals surface area contributed by atoms with Crippen molar-refractivity contribution in [2.75, 3.05) is 23.4 Å². The maximum Gasteiger partial charge on any atom is 0.227 e. The molecule has 29 heavy (non-hydrogen) atoms. The second-order valence-corrected chi connectivity index (χ2v) is 8.12. The average Bonchev–Trinajstić information content (AvgIpc) is 3.08. The summed E-state index contributed by atoms with van der Waals surface area (Å²) < 4.78 is 5.87. The third kappa shape index (κ3) is 5.48. The van der Waals surface area contributed by atoms with Crippen LogP contribution in [0.25, 0.3) is 0 Å². The average molecular weight is 412 g/mol. The molecule has 0 spiro atoms. The van der Waals surface area contributed by atoms with Crippen LogP contribution in [0, 0.1) is 20.8 Å². The highest BCUT2D eigenvalue weighted by molar-refractivity contribution is 7.80. The van der Waals surface area contributed by atoms with Gasteiger partial charge in [-0.3, -0.25) is 4.79 Å². The summed E-state index contributed by atoms with van der Waals surface area (Å²) in [5.41, 5.74) is 5.41. The van der Waals surface area contributed by atoms with Crippen molar-refractivity contribution in [3.8, 4) is 5.75 Å². The number of amides is 1. The molecule has 1 atom stereocenters. The molecule has 1 aliphatic rings. The molecule has 1 aliphatic heterocycles. The fourth-order valence-corrected chi connectivity index (χ4v) is 3.72. The Bertz CT molecular complexity index is 913. The van der Waals surface area contributed by atoms with E-state index in [0.29, 0.717) is 18.1 Å². The monoisotopic (exact) mass is 411 g/mol. The van der Waals surface area contributed by atoms with Crippen LogP contribution in [0.5, 0.6) is 5.75 Å². The largest absolute Gasteiger partial charge is 0.491 e. The zero-order valence-electron chi connectivity index (χ0n) is 17.5. The van der Waals surface area contributed by atoms with Crippen LogP contribution < -0.4 is 20.3 Å². The van der Waals surface area contributed by atoms with E-state index in [1.807, 2.05) is 49.1 Å². The first-order valence-corrected chi connectivity index (χ1v) is 10.4. The lowest BCUT2D eigenvalue weighted by atomic mass is 10.1. The number of rotatable bonds is 6. The van der Waals surface area contributed by atoms with E-state index in [1.54, 1.807) is 0 Å². The predicted molar refractivity (Wildman–Crippen MR) is 123 cm³/mol. The van der Waals surface area contributed by atoms with Gasteiger partial charge in [0, 0.05) is 24.3 Å². The molecular weight excluding hydrogens is 382 g/mol. The van der Waals surface area contributed by atoms with Crippen LogP contribution in [0.3, 0.4) is 0 Å². The van der Waals surface area contributed by atoms with E-state index in [-0.39, 0.29) is 11.9 Å². The van der Waals surface area contributed by atoms with Gasteiger partial charge in [-0.05, 0) is 93.4 Å². The molecule has 0 unspecified atom stereocenters.